The molecule has 0 saturated heterocycles. The first-order valence-corrected chi connectivity index (χ1v) is 8.53. The van der Waals surface area contributed by atoms with Gasteiger partial charge >= 0.3 is 0 Å². The summed E-state index contributed by atoms with van der Waals surface area (Å²) in [7, 11) is 0. The van der Waals surface area contributed by atoms with E-state index in [4.69, 9.17) is 11.6 Å². The summed E-state index contributed by atoms with van der Waals surface area (Å²) in [4.78, 5) is 12.4. The molecule has 0 saturated carbocycles. The minimum Gasteiger partial charge on any atom is -0.307 e. The highest BCUT2D eigenvalue weighted by Gasteiger charge is 2.19. The lowest BCUT2D eigenvalue weighted by Gasteiger charge is -2.11. The molecule has 0 aliphatic heterocycles. The molecule has 2 heterocycles. The molecule has 0 spiro atoms. The molecule has 0 fully saturated rings. The van der Waals surface area contributed by atoms with E-state index in [9.17, 15) is 9.18 Å². The third kappa shape index (κ3) is 3.77. The number of carbonyl (C=O) groups is 1. The Bertz CT molecular complexity index is 929. The van der Waals surface area contributed by atoms with Crippen LogP contribution in [0.4, 0.5) is 10.2 Å². The maximum atomic E-state index is 13.8. The molecule has 1 amide bonds. The summed E-state index contributed by atoms with van der Waals surface area (Å²) in [6.45, 7) is 5.64. The van der Waals surface area contributed by atoms with E-state index >= 15 is 0 Å². The smallest absolute Gasteiger partial charge is 0.250 e. The number of amides is 1. The van der Waals surface area contributed by atoms with Gasteiger partial charge in [0.15, 0.2) is 5.82 Å². The van der Waals surface area contributed by atoms with Crippen molar-refractivity contribution in [2.24, 2.45) is 0 Å². The van der Waals surface area contributed by atoms with Crippen molar-refractivity contribution in [2.45, 2.75) is 33.4 Å². The van der Waals surface area contributed by atoms with Gasteiger partial charge in [-0.2, -0.15) is 10.2 Å². The number of hydrogen-bond acceptors (Lipinski definition) is 3. The molecular formula is C18H19ClFN5O. The van der Waals surface area contributed by atoms with Crippen LogP contribution in [-0.2, 0) is 11.3 Å². The number of carbonyl (C=O) groups excluding carboxylic acids is 1. The number of rotatable bonds is 5. The van der Waals surface area contributed by atoms with Crippen LogP contribution in [0.5, 0.6) is 0 Å². The molecule has 6 nitrogen and oxygen atoms in total. The average molecular weight is 376 g/mol. The molecule has 3 rings (SSSR count). The summed E-state index contributed by atoms with van der Waals surface area (Å²) in [5.41, 5.74) is 2.01. The molecule has 0 aliphatic rings. The van der Waals surface area contributed by atoms with Crippen LogP contribution in [0.1, 0.15) is 29.9 Å². The zero-order chi connectivity index (χ0) is 18.8. The fourth-order valence-electron chi connectivity index (χ4n) is 2.53. The van der Waals surface area contributed by atoms with Crippen LogP contribution in [0.2, 0.25) is 5.02 Å². The van der Waals surface area contributed by atoms with Crippen LogP contribution in [0.3, 0.4) is 0 Å². The summed E-state index contributed by atoms with van der Waals surface area (Å²) in [5.74, 6) is -0.141. The van der Waals surface area contributed by atoms with Crippen LogP contribution in [0.25, 0.3) is 0 Å². The monoisotopic (exact) mass is 375 g/mol. The first kappa shape index (κ1) is 18.1. The molecule has 1 N–H and O–H groups in total. The van der Waals surface area contributed by atoms with E-state index in [1.807, 2.05) is 6.92 Å². The van der Waals surface area contributed by atoms with Crippen molar-refractivity contribution < 1.29 is 9.18 Å². The number of anilines is 1. The second-order valence-electron chi connectivity index (χ2n) is 6.13. The molecule has 0 radical (unpaired) electrons. The van der Waals surface area contributed by atoms with Gasteiger partial charge in [-0.15, -0.1) is 0 Å². The Morgan fingerprint density at radius 3 is 2.69 bits per heavy atom. The van der Waals surface area contributed by atoms with Crippen molar-refractivity contribution in [3.63, 3.8) is 0 Å². The second kappa shape index (κ2) is 7.29. The summed E-state index contributed by atoms with van der Waals surface area (Å²) in [6, 6.07) is 7.74. The molecule has 1 aromatic carbocycles. The lowest BCUT2D eigenvalue weighted by molar-refractivity contribution is -0.119. The van der Waals surface area contributed by atoms with Gasteiger partial charge in [-0.25, -0.2) is 4.39 Å². The van der Waals surface area contributed by atoms with Crippen LogP contribution < -0.4 is 5.32 Å². The predicted octanol–water partition coefficient (Wildman–Crippen LogP) is 3.74. The molecule has 0 bridgehead atoms. The molecular weight excluding hydrogens is 357 g/mol. The van der Waals surface area contributed by atoms with Gasteiger partial charge in [0, 0.05) is 23.5 Å². The first-order chi connectivity index (χ1) is 12.3. The normalized spacial score (nSPS) is 12.2. The Labute approximate surface area is 155 Å². The van der Waals surface area contributed by atoms with Crippen molar-refractivity contribution >= 4 is 23.3 Å². The summed E-state index contributed by atoms with van der Waals surface area (Å²) < 4.78 is 17.0. The molecule has 26 heavy (non-hydrogen) atoms. The van der Waals surface area contributed by atoms with Gasteiger partial charge in [-0.3, -0.25) is 14.2 Å². The van der Waals surface area contributed by atoms with Crippen LogP contribution >= 0.6 is 11.6 Å². The predicted molar refractivity (Wildman–Crippen MR) is 97.8 cm³/mol. The first-order valence-electron chi connectivity index (χ1n) is 8.15. The summed E-state index contributed by atoms with van der Waals surface area (Å²) >= 11 is 5.99. The van der Waals surface area contributed by atoms with Gasteiger partial charge in [0.05, 0.1) is 17.3 Å². The highest BCUT2D eigenvalue weighted by Crippen LogP contribution is 2.18. The number of aryl methyl sites for hydroxylation is 2. The highest BCUT2D eigenvalue weighted by molar-refractivity contribution is 6.31. The van der Waals surface area contributed by atoms with E-state index in [-0.39, 0.29) is 18.3 Å². The number of halogens is 2. The van der Waals surface area contributed by atoms with Crippen LogP contribution in [0.15, 0.2) is 36.5 Å². The Morgan fingerprint density at radius 1 is 1.31 bits per heavy atom. The third-order valence-corrected chi connectivity index (χ3v) is 4.51. The van der Waals surface area contributed by atoms with Crippen molar-refractivity contribution in [1.82, 2.24) is 19.6 Å². The van der Waals surface area contributed by atoms with Crippen LogP contribution in [0, 0.1) is 19.7 Å². The molecule has 1 atom stereocenters. The van der Waals surface area contributed by atoms with Crippen molar-refractivity contribution in [2.75, 3.05) is 5.32 Å². The topological polar surface area (TPSA) is 64.7 Å². The number of benzene rings is 1. The van der Waals surface area contributed by atoms with Gasteiger partial charge < -0.3 is 5.32 Å². The molecule has 2 aromatic heterocycles. The average Bonchev–Trinajstić information content (AvgIpc) is 3.11. The third-order valence-electron chi connectivity index (χ3n) is 4.14. The van der Waals surface area contributed by atoms with Crippen LogP contribution in [-0.4, -0.2) is 25.5 Å². The molecule has 3 aromatic rings. The Kier molecular flexibility index (Phi) is 5.08. The van der Waals surface area contributed by atoms with Gasteiger partial charge in [0.1, 0.15) is 11.9 Å². The van der Waals surface area contributed by atoms with Gasteiger partial charge in [0.25, 0.3) is 0 Å². The summed E-state index contributed by atoms with van der Waals surface area (Å²) in [6.07, 6.45) is 1.61. The number of nitrogens with zero attached hydrogens (tertiary/aromatic N) is 4. The van der Waals surface area contributed by atoms with Crippen molar-refractivity contribution in [3.8, 4) is 0 Å². The maximum absolute atomic E-state index is 13.8. The number of nitrogens with one attached hydrogen (secondary N) is 1. The van der Waals surface area contributed by atoms with Gasteiger partial charge in [-0.1, -0.05) is 29.8 Å². The minimum atomic E-state index is -0.543. The van der Waals surface area contributed by atoms with Crippen molar-refractivity contribution in [3.05, 3.63) is 64.3 Å². The summed E-state index contributed by atoms with van der Waals surface area (Å²) in [5, 5.41) is 11.8. The largest absolute Gasteiger partial charge is 0.307 e. The van der Waals surface area contributed by atoms with Gasteiger partial charge in [-0.05, 0) is 26.8 Å². The van der Waals surface area contributed by atoms with E-state index in [0.717, 1.165) is 5.69 Å². The second-order valence-corrected chi connectivity index (χ2v) is 6.53. The fourth-order valence-corrected chi connectivity index (χ4v) is 2.67. The van der Waals surface area contributed by atoms with E-state index in [2.05, 4.69) is 15.5 Å². The number of aromatic nitrogens is 4. The molecule has 0 aliphatic carbocycles. The minimum absolute atomic E-state index is 0.264. The molecule has 8 heteroatoms. The van der Waals surface area contributed by atoms with E-state index in [1.54, 1.807) is 49.0 Å². The van der Waals surface area contributed by atoms with E-state index < -0.39 is 6.04 Å². The fraction of sp³-hybridized carbons (Fsp3) is 0.278. The standard InChI is InChI=1S/C18H19ClFN5O/c1-11-8-17(23-24(11)9-14-6-4-5-7-16(14)20)21-18(26)13(3)25-10-15(19)12(2)22-25/h4-8,10,13H,9H2,1-3H3,(H,21,23,26). The maximum Gasteiger partial charge on any atom is 0.250 e. The SMILES string of the molecule is Cc1nn(C(C)C(=O)Nc2cc(C)n(Cc3ccccc3F)n2)cc1Cl. The Balaban J connectivity index is 1.72. The Morgan fingerprint density at radius 2 is 2.04 bits per heavy atom. The lowest BCUT2D eigenvalue weighted by atomic mass is 10.2. The lowest BCUT2D eigenvalue weighted by Crippen LogP contribution is -2.24. The van der Waals surface area contributed by atoms with E-state index in [0.29, 0.717) is 22.1 Å². The van der Waals surface area contributed by atoms with Crippen molar-refractivity contribution in [1.29, 1.82) is 0 Å². The van der Waals surface area contributed by atoms with Gasteiger partial charge in [0.2, 0.25) is 5.91 Å². The highest BCUT2D eigenvalue weighted by atomic mass is 35.5. The Hall–Kier alpha value is -2.67. The quantitative estimate of drug-likeness (QED) is 0.738. The number of hydrogen-bond donors (Lipinski definition) is 1. The van der Waals surface area contributed by atoms with E-state index in [1.165, 1.54) is 10.7 Å². The molecule has 136 valence electrons. The molecule has 1 unspecified atom stereocenters. The zero-order valence-electron chi connectivity index (χ0n) is 14.7. The zero-order valence-corrected chi connectivity index (χ0v) is 15.5.